The van der Waals surface area contributed by atoms with E-state index in [9.17, 15) is 18.3 Å². The Balaban J connectivity index is 3.55. The summed E-state index contributed by atoms with van der Waals surface area (Å²) < 4.78 is 35.5. The molecule has 0 spiro atoms. The van der Waals surface area contributed by atoms with Gasteiger partial charge < -0.3 is 10.0 Å². The first-order valence-corrected chi connectivity index (χ1v) is 5.86. The highest BCUT2D eigenvalue weighted by Crippen LogP contribution is 2.23. The van der Waals surface area contributed by atoms with Crippen molar-refractivity contribution in [3.8, 4) is 0 Å². The molecule has 16 heavy (non-hydrogen) atoms. The number of rotatable bonds is 8. The van der Waals surface area contributed by atoms with Crippen LogP contribution in [-0.4, -0.2) is 41.9 Å². The molecule has 1 unspecified atom stereocenters. The fraction of sp³-hybridized carbons (Fsp3) is 1.00. The molecule has 0 bridgehead atoms. The fourth-order valence-electron chi connectivity index (χ4n) is 1.55. The van der Waals surface area contributed by atoms with Crippen molar-refractivity contribution in [1.82, 2.24) is 4.90 Å². The zero-order valence-corrected chi connectivity index (χ0v) is 10.1. The maximum Gasteiger partial charge on any atom is 0.389 e. The average Bonchev–Trinajstić information content (AvgIpc) is 2.17. The number of halogens is 3. The van der Waals surface area contributed by atoms with Crippen molar-refractivity contribution in [3.63, 3.8) is 0 Å². The summed E-state index contributed by atoms with van der Waals surface area (Å²) in [7, 11) is 0. The van der Waals surface area contributed by atoms with Crippen LogP contribution in [-0.2, 0) is 0 Å². The summed E-state index contributed by atoms with van der Waals surface area (Å²) in [5.74, 6) is 0. The van der Waals surface area contributed by atoms with Crippen LogP contribution in [0.4, 0.5) is 13.2 Å². The van der Waals surface area contributed by atoms with E-state index in [-0.39, 0.29) is 12.8 Å². The number of aliphatic hydroxyl groups excluding tert-OH is 1. The third kappa shape index (κ3) is 8.97. The van der Waals surface area contributed by atoms with Crippen molar-refractivity contribution in [2.24, 2.45) is 0 Å². The molecule has 0 aliphatic carbocycles. The van der Waals surface area contributed by atoms with Crippen LogP contribution in [0.3, 0.4) is 0 Å². The molecule has 5 heteroatoms. The molecular weight excluding hydrogens is 219 g/mol. The van der Waals surface area contributed by atoms with E-state index >= 15 is 0 Å². The summed E-state index contributed by atoms with van der Waals surface area (Å²) in [4.78, 5) is 2.15. The van der Waals surface area contributed by atoms with Gasteiger partial charge in [0.1, 0.15) is 0 Å². The van der Waals surface area contributed by atoms with Gasteiger partial charge in [-0.25, -0.2) is 0 Å². The minimum Gasteiger partial charge on any atom is -0.393 e. The van der Waals surface area contributed by atoms with Crippen LogP contribution in [0.2, 0.25) is 0 Å². The average molecular weight is 241 g/mol. The van der Waals surface area contributed by atoms with Crippen LogP contribution in [0.15, 0.2) is 0 Å². The Hall–Kier alpha value is -0.290. The molecule has 0 heterocycles. The third-order valence-electron chi connectivity index (χ3n) is 2.67. The first-order valence-electron chi connectivity index (χ1n) is 5.86. The van der Waals surface area contributed by atoms with Gasteiger partial charge in [-0.1, -0.05) is 13.8 Å². The predicted molar refractivity (Wildman–Crippen MR) is 58.3 cm³/mol. The van der Waals surface area contributed by atoms with Gasteiger partial charge in [0.2, 0.25) is 0 Å². The molecule has 0 radical (unpaired) electrons. The smallest absolute Gasteiger partial charge is 0.389 e. The van der Waals surface area contributed by atoms with Gasteiger partial charge in [-0.05, 0) is 32.4 Å². The summed E-state index contributed by atoms with van der Waals surface area (Å²) in [6.45, 7) is 6.62. The Bertz CT molecular complexity index is 169. The molecule has 0 aromatic carbocycles. The molecule has 1 atom stereocenters. The van der Waals surface area contributed by atoms with E-state index < -0.39 is 18.7 Å². The Morgan fingerprint density at radius 2 is 1.69 bits per heavy atom. The lowest BCUT2D eigenvalue weighted by Gasteiger charge is -2.20. The van der Waals surface area contributed by atoms with Crippen molar-refractivity contribution in [1.29, 1.82) is 0 Å². The molecule has 0 aliphatic rings. The van der Waals surface area contributed by atoms with E-state index in [0.717, 1.165) is 19.6 Å². The predicted octanol–water partition coefficient (Wildman–Crippen LogP) is 2.81. The molecule has 0 saturated carbocycles. The summed E-state index contributed by atoms with van der Waals surface area (Å²) in [6.07, 6.45) is -4.69. The van der Waals surface area contributed by atoms with Gasteiger partial charge in [0.05, 0.1) is 6.10 Å². The molecule has 0 aromatic rings. The second-order valence-electron chi connectivity index (χ2n) is 3.98. The Labute approximate surface area is 95.4 Å². The molecule has 0 rings (SSSR count). The van der Waals surface area contributed by atoms with Crippen molar-refractivity contribution < 1.29 is 18.3 Å². The van der Waals surface area contributed by atoms with E-state index in [4.69, 9.17) is 0 Å². The number of hydrogen-bond donors (Lipinski definition) is 1. The van der Waals surface area contributed by atoms with Crippen molar-refractivity contribution >= 4 is 0 Å². The van der Waals surface area contributed by atoms with Gasteiger partial charge in [-0.15, -0.1) is 0 Å². The van der Waals surface area contributed by atoms with E-state index in [2.05, 4.69) is 4.90 Å². The van der Waals surface area contributed by atoms with E-state index in [0.29, 0.717) is 6.42 Å². The zero-order valence-electron chi connectivity index (χ0n) is 10.1. The molecule has 0 aliphatic heterocycles. The fourth-order valence-corrected chi connectivity index (χ4v) is 1.55. The van der Waals surface area contributed by atoms with E-state index in [1.54, 1.807) is 0 Å². The van der Waals surface area contributed by atoms with Gasteiger partial charge in [0.15, 0.2) is 0 Å². The summed E-state index contributed by atoms with van der Waals surface area (Å²) in [5.41, 5.74) is 0. The number of aliphatic hydroxyl groups is 1. The van der Waals surface area contributed by atoms with Crippen LogP contribution in [0.5, 0.6) is 0 Å². The Morgan fingerprint density at radius 3 is 2.12 bits per heavy atom. The van der Waals surface area contributed by atoms with Crippen LogP contribution in [0.25, 0.3) is 0 Å². The maximum absolute atomic E-state index is 11.8. The molecule has 2 nitrogen and oxygen atoms in total. The maximum atomic E-state index is 11.8. The molecule has 0 amide bonds. The lowest BCUT2D eigenvalue weighted by Crippen LogP contribution is -2.27. The molecule has 0 saturated heterocycles. The van der Waals surface area contributed by atoms with Gasteiger partial charge in [-0.3, -0.25) is 0 Å². The van der Waals surface area contributed by atoms with Crippen molar-refractivity contribution in [3.05, 3.63) is 0 Å². The lowest BCUT2D eigenvalue weighted by atomic mass is 10.1. The van der Waals surface area contributed by atoms with Gasteiger partial charge >= 0.3 is 6.18 Å². The highest BCUT2D eigenvalue weighted by atomic mass is 19.4. The monoisotopic (exact) mass is 241 g/mol. The van der Waals surface area contributed by atoms with Crippen LogP contribution < -0.4 is 0 Å². The highest BCUT2D eigenvalue weighted by Gasteiger charge is 2.26. The Kier molecular flexibility index (Phi) is 7.76. The van der Waals surface area contributed by atoms with Gasteiger partial charge in [-0.2, -0.15) is 13.2 Å². The van der Waals surface area contributed by atoms with Crippen LogP contribution >= 0.6 is 0 Å². The Morgan fingerprint density at radius 1 is 1.12 bits per heavy atom. The zero-order chi connectivity index (χ0) is 12.6. The quantitative estimate of drug-likeness (QED) is 0.706. The number of alkyl halides is 3. The topological polar surface area (TPSA) is 23.5 Å². The highest BCUT2D eigenvalue weighted by molar-refractivity contribution is 4.62. The number of hydrogen-bond acceptors (Lipinski definition) is 2. The molecule has 98 valence electrons. The first kappa shape index (κ1) is 15.7. The second kappa shape index (κ2) is 7.90. The van der Waals surface area contributed by atoms with Gasteiger partial charge in [0, 0.05) is 13.0 Å². The second-order valence-corrected chi connectivity index (χ2v) is 3.98. The SMILES string of the molecule is CCN(CC)CCC(O)CCCC(F)(F)F. The van der Waals surface area contributed by atoms with Crippen molar-refractivity contribution in [2.45, 2.75) is 51.8 Å². The minimum atomic E-state index is -4.10. The van der Waals surface area contributed by atoms with Crippen LogP contribution in [0, 0.1) is 0 Å². The first-order chi connectivity index (χ1) is 7.39. The molecule has 1 N–H and O–H groups in total. The van der Waals surface area contributed by atoms with Crippen LogP contribution in [0.1, 0.15) is 39.5 Å². The molecular formula is C11H22F3NO. The normalized spacial score (nSPS) is 14.4. The summed E-state index contributed by atoms with van der Waals surface area (Å²) in [5, 5.41) is 9.49. The minimum absolute atomic E-state index is 0.0168. The van der Waals surface area contributed by atoms with Crippen molar-refractivity contribution in [2.75, 3.05) is 19.6 Å². The number of nitrogens with zero attached hydrogens (tertiary/aromatic N) is 1. The van der Waals surface area contributed by atoms with E-state index in [1.807, 2.05) is 13.8 Å². The van der Waals surface area contributed by atoms with Gasteiger partial charge in [0.25, 0.3) is 0 Å². The summed E-state index contributed by atoms with van der Waals surface area (Å²) >= 11 is 0. The molecule has 0 aromatic heterocycles. The van der Waals surface area contributed by atoms with E-state index in [1.165, 1.54) is 0 Å². The largest absolute Gasteiger partial charge is 0.393 e. The lowest BCUT2D eigenvalue weighted by molar-refractivity contribution is -0.136. The standard InChI is InChI=1S/C11H22F3NO/c1-3-15(4-2)9-7-10(16)6-5-8-11(12,13)14/h10,16H,3-9H2,1-2H3. The molecule has 0 fully saturated rings. The third-order valence-corrected chi connectivity index (χ3v) is 2.67. The summed E-state index contributed by atoms with van der Waals surface area (Å²) in [6, 6.07) is 0.